The Morgan fingerprint density at radius 3 is 2.69 bits per heavy atom. The molecule has 26 heavy (non-hydrogen) atoms. The predicted molar refractivity (Wildman–Crippen MR) is 100 cm³/mol. The fraction of sp³-hybridized carbons (Fsp3) is 0.609. The van der Waals surface area contributed by atoms with E-state index in [0.29, 0.717) is 11.8 Å². The molecule has 0 heterocycles. The number of ether oxygens (including phenoxy) is 2. The zero-order chi connectivity index (χ0) is 18.2. The molecule has 3 heteroatoms. The third-order valence-corrected chi connectivity index (χ3v) is 8.42. The van der Waals surface area contributed by atoms with Crippen molar-refractivity contribution >= 4 is 5.97 Å². The van der Waals surface area contributed by atoms with E-state index in [2.05, 4.69) is 37.3 Å². The van der Waals surface area contributed by atoms with E-state index in [-0.39, 0.29) is 22.4 Å². The third kappa shape index (κ3) is 1.77. The Morgan fingerprint density at radius 2 is 2.00 bits per heavy atom. The lowest BCUT2D eigenvalue weighted by atomic mass is 9.48. The van der Waals surface area contributed by atoms with Crippen LogP contribution in [0.1, 0.15) is 63.0 Å². The van der Waals surface area contributed by atoms with Gasteiger partial charge >= 0.3 is 5.97 Å². The normalized spacial score (nSPS) is 42.0. The molecule has 0 saturated heterocycles. The van der Waals surface area contributed by atoms with Crippen LogP contribution in [-0.4, -0.2) is 18.7 Å². The van der Waals surface area contributed by atoms with Crippen molar-refractivity contribution in [2.75, 3.05) is 7.11 Å². The number of esters is 1. The van der Waals surface area contributed by atoms with Crippen molar-refractivity contribution in [1.29, 1.82) is 0 Å². The van der Waals surface area contributed by atoms with Gasteiger partial charge < -0.3 is 9.47 Å². The van der Waals surface area contributed by atoms with E-state index < -0.39 is 0 Å². The molecule has 138 valence electrons. The highest BCUT2D eigenvalue weighted by Gasteiger charge is 2.73. The standard InChI is InChI=1S/C23H28O3/c1-15(24)26-23-12-10-22(11-13-23)20-7-4-16-14-17(25-3)5-6-18(16)19(20)8-9-21(22,23)2/h5-6,10,12,14,19-20H,4,7-9,11,13H2,1-3H3/t19-,20-,21+,22-,23-/m1/s1. The van der Waals surface area contributed by atoms with E-state index in [1.54, 1.807) is 14.0 Å². The zero-order valence-corrected chi connectivity index (χ0v) is 16.0. The van der Waals surface area contributed by atoms with Gasteiger partial charge in [-0.15, -0.1) is 0 Å². The molecule has 5 rings (SSSR count). The van der Waals surface area contributed by atoms with E-state index in [1.165, 1.54) is 24.0 Å². The molecule has 4 aliphatic carbocycles. The highest BCUT2D eigenvalue weighted by atomic mass is 16.6. The summed E-state index contributed by atoms with van der Waals surface area (Å²) in [7, 11) is 1.74. The van der Waals surface area contributed by atoms with E-state index >= 15 is 0 Å². The van der Waals surface area contributed by atoms with Crippen molar-refractivity contribution in [2.45, 2.75) is 63.9 Å². The first kappa shape index (κ1) is 16.4. The Morgan fingerprint density at radius 1 is 1.15 bits per heavy atom. The molecule has 0 aliphatic heterocycles. The van der Waals surface area contributed by atoms with Crippen LogP contribution in [0.3, 0.4) is 0 Å². The Bertz CT molecular complexity index is 812. The van der Waals surface area contributed by atoms with Crippen molar-refractivity contribution in [2.24, 2.45) is 16.7 Å². The molecule has 1 aromatic carbocycles. The summed E-state index contributed by atoms with van der Waals surface area (Å²) in [6, 6.07) is 6.66. The van der Waals surface area contributed by atoms with Crippen LogP contribution in [0, 0.1) is 16.7 Å². The number of methoxy groups -OCH3 is 1. The fourth-order valence-corrected chi connectivity index (χ4v) is 7.21. The highest BCUT2D eigenvalue weighted by molar-refractivity contribution is 5.67. The summed E-state index contributed by atoms with van der Waals surface area (Å²) in [5, 5.41) is 0. The molecule has 0 spiro atoms. The summed E-state index contributed by atoms with van der Waals surface area (Å²) < 4.78 is 11.4. The molecule has 2 saturated carbocycles. The van der Waals surface area contributed by atoms with Gasteiger partial charge in [-0.3, -0.25) is 4.79 Å². The van der Waals surface area contributed by atoms with Crippen molar-refractivity contribution in [3.05, 3.63) is 41.5 Å². The summed E-state index contributed by atoms with van der Waals surface area (Å²) in [5.41, 5.74) is 2.87. The van der Waals surface area contributed by atoms with Crippen LogP contribution < -0.4 is 4.74 Å². The number of carbonyl (C=O) groups excluding carboxylic acids is 1. The second-order valence-electron chi connectivity index (χ2n) is 9.04. The Hall–Kier alpha value is -1.77. The van der Waals surface area contributed by atoms with Crippen LogP contribution >= 0.6 is 0 Å². The van der Waals surface area contributed by atoms with E-state index in [9.17, 15) is 4.79 Å². The van der Waals surface area contributed by atoms with Crippen LogP contribution in [0.15, 0.2) is 30.4 Å². The molecular weight excluding hydrogens is 324 g/mol. The molecule has 2 bridgehead atoms. The van der Waals surface area contributed by atoms with Crippen LogP contribution in [0.5, 0.6) is 5.75 Å². The number of allylic oxidation sites excluding steroid dienone is 1. The van der Waals surface area contributed by atoms with Crippen molar-refractivity contribution < 1.29 is 14.3 Å². The maximum absolute atomic E-state index is 11.8. The molecule has 5 atom stereocenters. The first-order valence-corrected chi connectivity index (χ1v) is 10.0. The quantitative estimate of drug-likeness (QED) is 0.567. The van der Waals surface area contributed by atoms with Gasteiger partial charge in [-0.25, -0.2) is 0 Å². The molecule has 2 fully saturated rings. The minimum Gasteiger partial charge on any atom is -0.497 e. The number of aryl methyl sites for hydroxylation is 1. The maximum atomic E-state index is 11.8. The van der Waals surface area contributed by atoms with Gasteiger partial charge in [-0.05, 0) is 79.7 Å². The van der Waals surface area contributed by atoms with E-state index in [4.69, 9.17) is 9.47 Å². The molecule has 0 aromatic heterocycles. The van der Waals surface area contributed by atoms with Gasteiger partial charge in [0.25, 0.3) is 0 Å². The maximum Gasteiger partial charge on any atom is 0.303 e. The Balaban J connectivity index is 1.56. The van der Waals surface area contributed by atoms with Gasteiger partial charge in [0.15, 0.2) is 0 Å². The van der Waals surface area contributed by atoms with Crippen LogP contribution in [-0.2, 0) is 16.0 Å². The minimum atomic E-state index is -0.371. The number of benzene rings is 1. The molecule has 0 unspecified atom stereocenters. The van der Waals surface area contributed by atoms with Gasteiger partial charge in [0.1, 0.15) is 11.4 Å². The number of rotatable bonds is 2. The summed E-state index contributed by atoms with van der Waals surface area (Å²) in [6.45, 7) is 3.95. The predicted octanol–water partition coefficient (Wildman–Crippen LogP) is 4.79. The lowest BCUT2D eigenvalue weighted by Gasteiger charge is -2.56. The SMILES string of the molecule is COc1ccc2c(c1)CC[C@@H]1[C@@H]2CC[C@]2(C)[C@@]3(OC(C)=O)C=C[C@@]12CC3. The summed E-state index contributed by atoms with van der Waals surface area (Å²) in [6.07, 6.45) is 11.5. The molecule has 0 radical (unpaired) electrons. The lowest BCUT2D eigenvalue weighted by molar-refractivity contribution is -0.168. The molecule has 0 amide bonds. The molecule has 3 nitrogen and oxygen atoms in total. The second-order valence-corrected chi connectivity index (χ2v) is 9.04. The van der Waals surface area contributed by atoms with Gasteiger partial charge in [0, 0.05) is 17.8 Å². The fourth-order valence-electron chi connectivity index (χ4n) is 7.21. The van der Waals surface area contributed by atoms with Crippen molar-refractivity contribution in [1.82, 2.24) is 0 Å². The lowest BCUT2D eigenvalue weighted by Crippen LogP contribution is -2.53. The van der Waals surface area contributed by atoms with Crippen molar-refractivity contribution in [3.8, 4) is 5.75 Å². The summed E-state index contributed by atoms with van der Waals surface area (Å²) in [4.78, 5) is 11.8. The van der Waals surface area contributed by atoms with Gasteiger partial charge in [-0.1, -0.05) is 19.1 Å². The zero-order valence-electron chi connectivity index (χ0n) is 16.0. The summed E-state index contributed by atoms with van der Waals surface area (Å²) >= 11 is 0. The number of hydrogen-bond acceptors (Lipinski definition) is 3. The van der Waals surface area contributed by atoms with Gasteiger partial charge in [-0.2, -0.15) is 0 Å². The summed E-state index contributed by atoms with van der Waals surface area (Å²) in [5.74, 6) is 2.10. The number of carbonyl (C=O) groups is 1. The third-order valence-electron chi connectivity index (χ3n) is 8.42. The number of fused-ring (bicyclic) bond motifs is 3. The molecular formula is C23H28O3. The van der Waals surface area contributed by atoms with E-state index in [1.807, 2.05) is 0 Å². The average molecular weight is 352 g/mol. The van der Waals surface area contributed by atoms with Gasteiger partial charge in [0.05, 0.1) is 7.11 Å². The van der Waals surface area contributed by atoms with E-state index in [0.717, 1.165) is 31.4 Å². The second kappa shape index (κ2) is 5.15. The van der Waals surface area contributed by atoms with Crippen LogP contribution in [0.25, 0.3) is 0 Å². The molecule has 1 aromatic rings. The first-order chi connectivity index (χ1) is 12.4. The monoisotopic (exact) mass is 352 g/mol. The van der Waals surface area contributed by atoms with Crippen LogP contribution in [0.2, 0.25) is 0 Å². The Labute approximate surface area is 155 Å². The number of hydrogen-bond donors (Lipinski definition) is 0. The molecule has 0 N–H and O–H groups in total. The first-order valence-electron chi connectivity index (χ1n) is 10.0. The average Bonchev–Trinajstić information content (AvgIpc) is 3.03. The van der Waals surface area contributed by atoms with Crippen molar-refractivity contribution in [3.63, 3.8) is 0 Å². The highest BCUT2D eigenvalue weighted by Crippen LogP contribution is 2.75. The minimum absolute atomic E-state index is 0.0524. The van der Waals surface area contributed by atoms with Crippen LogP contribution in [0.4, 0.5) is 0 Å². The largest absolute Gasteiger partial charge is 0.497 e. The topological polar surface area (TPSA) is 35.5 Å². The molecule has 4 aliphatic rings. The smallest absolute Gasteiger partial charge is 0.303 e. The Kier molecular flexibility index (Phi) is 3.25. The van der Waals surface area contributed by atoms with Gasteiger partial charge in [0.2, 0.25) is 0 Å².